The summed E-state index contributed by atoms with van der Waals surface area (Å²) < 4.78 is 21.6. The Morgan fingerprint density at radius 3 is 2.25 bits per heavy atom. The number of benzene rings is 2. The van der Waals surface area contributed by atoms with E-state index in [1.165, 1.54) is 7.11 Å². The fraction of sp³-hybridized carbons (Fsp3) is 0.529. The minimum Gasteiger partial charge on any atom is -0.493 e. The van der Waals surface area contributed by atoms with Gasteiger partial charge in [-0.2, -0.15) is 0 Å². The SMILES string of the molecule is COc1ccc(C[C@H](NC(=O)[C@H](C)CC(=O)CN2CCOCC2)C(=O)C[C@@H](Cc2ccccc2)C(=O)[C@@]2(C)CO2)cc1OC. The Morgan fingerprint density at radius 1 is 0.932 bits per heavy atom. The van der Waals surface area contributed by atoms with Gasteiger partial charge in [0.1, 0.15) is 11.4 Å². The van der Waals surface area contributed by atoms with Gasteiger partial charge in [-0.3, -0.25) is 24.1 Å². The Hall–Kier alpha value is -3.60. The summed E-state index contributed by atoms with van der Waals surface area (Å²) in [4.78, 5) is 55.6. The number of carbonyl (C=O) groups is 4. The number of nitrogens with one attached hydrogen (secondary N) is 1. The normalized spacial score (nSPS) is 20.2. The maximum atomic E-state index is 14.0. The minimum atomic E-state index is -0.920. The number of hydrogen-bond donors (Lipinski definition) is 1. The van der Waals surface area contributed by atoms with Crippen molar-refractivity contribution in [1.82, 2.24) is 10.2 Å². The Balaban J connectivity index is 1.50. The number of Topliss-reactive ketones (excluding diaryl/α,β-unsaturated/α-hetero) is 3. The van der Waals surface area contributed by atoms with Gasteiger partial charge in [-0.25, -0.2) is 0 Å². The summed E-state index contributed by atoms with van der Waals surface area (Å²) in [6.07, 6.45) is 0.563. The maximum absolute atomic E-state index is 14.0. The average Bonchev–Trinajstić information content (AvgIpc) is 3.78. The van der Waals surface area contributed by atoms with Crippen LogP contribution in [0.25, 0.3) is 0 Å². The zero-order valence-electron chi connectivity index (χ0n) is 26.1. The molecule has 0 bridgehead atoms. The highest BCUT2D eigenvalue weighted by molar-refractivity contribution is 5.97. The molecule has 2 aromatic carbocycles. The third kappa shape index (κ3) is 9.20. The highest BCUT2D eigenvalue weighted by Gasteiger charge is 2.50. The number of methoxy groups -OCH3 is 2. The van der Waals surface area contributed by atoms with Crippen molar-refractivity contribution >= 4 is 23.3 Å². The van der Waals surface area contributed by atoms with Crippen molar-refractivity contribution in [2.24, 2.45) is 11.8 Å². The van der Waals surface area contributed by atoms with Crippen molar-refractivity contribution in [2.45, 2.75) is 51.2 Å². The van der Waals surface area contributed by atoms with Crippen molar-refractivity contribution in [1.29, 1.82) is 0 Å². The van der Waals surface area contributed by atoms with Crippen LogP contribution in [-0.2, 0) is 41.5 Å². The largest absolute Gasteiger partial charge is 0.493 e. The van der Waals surface area contributed by atoms with E-state index in [1.54, 1.807) is 33.1 Å². The van der Waals surface area contributed by atoms with Gasteiger partial charge >= 0.3 is 0 Å². The van der Waals surface area contributed by atoms with E-state index in [1.807, 2.05) is 41.3 Å². The molecule has 1 amide bonds. The van der Waals surface area contributed by atoms with Gasteiger partial charge in [-0.15, -0.1) is 0 Å². The molecular weight excluding hydrogens is 564 g/mol. The molecule has 2 aliphatic rings. The van der Waals surface area contributed by atoms with Crippen LogP contribution < -0.4 is 14.8 Å². The molecule has 0 spiro atoms. The van der Waals surface area contributed by atoms with Gasteiger partial charge < -0.3 is 24.3 Å². The lowest BCUT2D eigenvalue weighted by molar-refractivity contribution is -0.134. The van der Waals surface area contributed by atoms with Gasteiger partial charge in [0.15, 0.2) is 23.1 Å². The molecule has 2 saturated heterocycles. The molecule has 2 aromatic rings. The first kappa shape index (κ1) is 33.3. The fourth-order valence-corrected chi connectivity index (χ4v) is 5.53. The maximum Gasteiger partial charge on any atom is 0.223 e. The highest BCUT2D eigenvalue weighted by Crippen LogP contribution is 2.33. The lowest BCUT2D eigenvalue weighted by Gasteiger charge is -2.26. The lowest BCUT2D eigenvalue weighted by atomic mass is 9.83. The number of epoxide rings is 1. The van der Waals surface area contributed by atoms with Crippen LogP contribution in [0.4, 0.5) is 0 Å². The van der Waals surface area contributed by atoms with Crippen LogP contribution in [0, 0.1) is 11.8 Å². The third-order valence-electron chi connectivity index (χ3n) is 8.32. The summed E-state index contributed by atoms with van der Waals surface area (Å²) in [5.41, 5.74) is 0.800. The summed E-state index contributed by atoms with van der Waals surface area (Å²) in [5.74, 6) is -1.01. The molecule has 4 rings (SSSR count). The Labute approximate surface area is 259 Å². The predicted octanol–water partition coefficient (Wildman–Crippen LogP) is 2.83. The number of morpholine rings is 1. The second-order valence-electron chi connectivity index (χ2n) is 11.9. The molecule has 1 N–H and O–H groups in total. The van der Waals surface area contributed by atoms with Crippen LogP contribution in [0.2, 0.25) is 0 Å². The molecule has 2 aliphatic heterocycles. The predicted molar refractivity (Wildman–Crippen MR) is 164 cm³/mol. The Kier molecular flexibility index (Phi) is 11.7. The molecule has 4 atom stereocenters. The Bertz CT molecular complexity index is 1300. The quantitative estimate of drug-likeness (QED) is 0.270. The molecule has 0 saturated carbocycles. The van der Waals surface area contributed by atoms with Crippen molar-refractivity contribution in [3.8, 4) is 11.5 Å². The zero-order valence-corrected chi connectivity index (χ0v) is 26.1. The second kappa shape index (κ2) is 15.4. The lowest BCUT2D eigenvalue weighted by Crippen LogP contribution is -2.46. The summed E-state index contributed by atoms with van der Waals surface area (Å²) in [5, 5.41) is 2.91. The minimum absolute atomic E-state index is 0.0384. The number of ether oxygens (including phenoxy) is 4. The molecule has 2 fully saturated rings. The highest BCUT2D eigenvalue weighted by atomic mass is 16.6. The molecule has 0 unspecified atom stereocenters. The van der Waals surface area contributed by atoms with E-state index in [-0.39, 0.29) is 49.1 Å². The number of rotatable bonds is 17. The van der Waals surface area contributed by atoms with Crippen molar-refractivity contribution < 1.29 is 38.1 Å². The monoisotopic (exact) mass is 608 g/mol. The van der Waals surface area contributed by atoms with Crippen LogP contribution in [0.1, 0.15) is 37.8 Å². The van der Waals surface area contributed by atoms with E-state index >= 15 is 0 Å². The van der Waals surface area contributed by atoms with Crippen LogP contribution in [0.3, 0.4) is 0 Å². The standard InChI is InChI=1S/C34H44N2O8/c1-23(16-27(37)21-36-12-14-43-15-13-36)33(40)35-28(18-25-10-11-30(41-3)31(19-25)42-4)29(38)20-26(32(39)34(2)22-44-34)17-24-8-6-5-7-9-24/h5-11,19,23,26,28H,12-18,20-22H2,1-4H3,(H,35,40)/t23-,26-,28+,34-/m1/s1. The second-order valence-corrected chi connectivity index (χ2v) is 11.9. The molecule has 238 valence electrons. The van der Waals surface area contributed by atoms with Crippen molar-refractivity contribution in [2.75, 3.05) is 53.7 Å². The van der Waals surface area contributed by atoms with E-state index < -0.39 is 23.5 Å². The van der Waals surface area contributed by atoms with Gasteiger partial charge in [0.25, 0.3) is 0 Å². The first-order chi connectivity index (χ1) is 21.1. The number of ketones is 3. The first-order valence-electron chi connectivity index (χ1n) is 15.2. The topological polar surface area (TPSA) is 124 Å². The summed E-state index contributed by atoms with van der Waals surface area (Å²) in [6, 6.07) is 14.0. The summed E-state index contributed by atoms with van der Waals surface area (Å²) >= 11 is 0. The van der Waals surface area contributed by atoms with Gasteiger partial charge in [0.05, 0.1) is 46.6 Å². The van der Waals surface area contributed by atoms with Crippen molar-refractivity contribution in [3.63, 3.8) is 0 Å². The first-order valence-corrected chi connectivity index (χ1v) is 15.2. The molecule has 0 aliphatic carbocycles. The smallest absolute Gasteiger partial charge is 0.223 e. The van der Waals surface area contributed by atoms with Gasteiger partial charge in [-0.05, 0) is 43.0 Å². The van der Waals surface area contributed by atoms with Gasteiger partial charge in [0.2, 0.25) is 5.91 Å². The van der Waals surface area contributed by atoms with Crippen molar-refractivity contribution in [3.05, 3.63) is 59.7 Å². The average molecular weight is 609 g/mol. The molecule has 0 aromatic heterocycles. The fourth-order valence-electron chi connectivity index (χ4n) is 5.53. The van der Waals surface area contributed by atoms with E-state index in [0.29, 0.717) is 50.8 Å². The molecule has 0 radical (unpaired) electrons. The number of carbonyl (C=O) groups excluding carboxylic acids is 4. The number of nitrogens with zero attached hydrogens (tertiary/aromatic N) is 1. The van der Waals surface area contributed by atoms with E-state index in [2.05, 4.69) is 5.32 Å². The van der Waals surface area contributed by atoms with E-state index in [0.717, 1.165) is 11.1 Å². The molecule has 44 heavy (non-hydrogen) atoms. The molecular formula is C34H44N2O8. The van der Waals surface area contributed by atoms with E-state index in [4.69, 9.17) is 18.9 Å². The number of hydrogen-bond acceptors (Lipinski definition) is 9. The summed E-state index contributed by atoms with van der Waals surface area (Å²) in [7, 11) is 3.07. The summed E-state index contributed by atoms with van der Waals surface area (Å²) in [6.45, 7) is 6.56. The molecule has 10 nitrogen and oxygen atoms in total. The van der Waals surface area contributed by atoms with Crippen LogP contribution in [0.15, 0.2) is 48.5 Å². The zero-order chi connectivity index (χ0) is 31.7. The number of amides is 1. The van der Waals surface area contributed by atoms with Gasteiger partial charge in [-0.1, -0.05) is 43.3 Å². The third-order valence-corrected chi connectivity index (χ3v) is 8.32. The molecule has 2 heterocycles. The van der Waals surface area contributed by atoms with E-state index in [9.17, 15) is 19.2 Å². The van der Waals surface area contributed by atoms with Crippen LogP contribution in [0.5, 0.6) is 11.5 Å². The van der Waals surface area contributed by atoms with Crippen LogP contribution >= 0.6 is 0 Å². The van der Waals surface area contributed by atoms with Gasteiger partial charge in [0, 0.05) is 37.8 Å². The van der Waals surface area contributed by atoms with Crippen LogP contribution in [-0.4, -0.2) is 93.5 Å². The molecule has 10 heteroatoms. The Morgan fingerprint density at radius 2 is 1.61 bits per heavy atom.